The highest BCUT2D eigenvalue weighted by molar-refractivity contribution is 7.99. The van der Waals surface area contributed by atoms with Crippen molar-refractivity contribution in [1.82, 2.24) is 4.31 Å². The topological polar surface area (TPSA) is 37.4 Å². The van der Waals surface area contributed by atoms with E-state index in [0.29, 0.717) is 23.2 Å². The van der Waals surface area contributed by atoms with Crippen molar-refractivity contribution >= 4 is 21.8 Å². The van der Waals surface area contributed by atoms with Crippen molar-refractivity contribution in [3.8, 4) is 0 Å². The Morgan fingerprint density at radius 3 is 2.44 bits per heavy atom. The van der Waals surface area contributed by atoms with Crippen molar-refractivity contribution in [3.05, 3.63) is 64.7 Å². The maximum atomic E-state index is 13.0. The molecule has 1 fully saturated rings. The van der Waals surface area contributed by atoms with Crippen LogP contribution in [0, 0.1) is 20.8 Å². The van der Waals surface area contributed by atoms with E-state index < -0.39 is 10.0 Å². The van der Waals surface area contributed by atoms with Crippen LogP contribution >= 0.6 is 11.8 Å². The largest absolute Gasteiger partial charge is 0.243 e. The number of sulfonamides is 1. The standard InChI is InChI=1S/C20H25NO2S2/c1-15-8-9-18(14-17(15)3)25(22,23)21-11-10-20(24-13-12-21)19-7-5-4-6-16(19)2/h4-9,14,20H,10-13H2,1-3H3. The number of hydrogen-bond donors (Lipinski definition) is 0. The van der Waals surface area contributed by atoms with Crippen molar-refractivity contribution < 1.29 is 8.42 Å². The normalized spacial score (nSPS) is 19.6. The fourth-order valence-corrected chi connectivity index (χ4v) is 6.19. The van der Waals surface area contributed by atoms with Crippen LogP contribution in [-0.4, -0.2) is 31.6 Å². The van der Waals surface area contributed by atoms with Gasteiger partial charge in [-0.2, -0.15) is 16.1 Å². The summed E-state index contributed by atoms with van der Waals surface area (Å²) in [5, 5.41) is 0.362. The molecule has 0 N–H and O–H groups in total. The zero-order chi connectivity index (χ0) is 18.0. The van der Waals surface area contributed by atoms with Crippen LogP contribution < -0.4 is 0 Å². The molecule has 0 bridgehead atoms. The van der Waals surface area contributed by atoms with Gasteiger partial charge in [0.1, 0.15) is 0 Å². The SMILES string of the molecule is Cc1ccc(S(=O)(=O)N2CCSC(c3ccccc3C)CC2)cc1C. The summed E-state index contributed by atoms with van der Waals surface area (Å²) < 4.78 is 27.7. The molecule has 0 spiro atoms. The van der Waals surface area contributed by atoms with Gasteiger partial charge < -0.3 is 0 Å². The molecule has 3 rings (SSSR count). The van der Waals surface area contributed by atoms with Gasteiger partial charge in [0.05, 0.1) is 4.90 Å². The summed E-state index contributed by atoms with van der Waals surface area (Å²) in [7, 11) is -3.42. The van der Waals surface area contributed by atoms with Gasteiger partial charge in [-0.05, 0) is 61.6 Å². The highest BCUT2D eigenvalue weighted by Crippen LogP contribution is 2.37. The van der Waals surface area contributed by atoms with Crippen molar-refractivity contribution in [2.24, 2.45) is 0 Å². The van der Waals surface area contributed by atoms with Crippen molar-refractivity contribution in [1.29, 1.82) is 0 Å². The molecule has 3 nitrogen and oxygen atoms in total. The lowest BCUT2D eigenvalue weighted by Crippen LogP contribution is -2.33. The highest BCUT2D eigenvalue weighted by Gasteiger charge is 2.28. The Bertz CT molecular complexity index is 862. The summed E-state index contributed by atoms with van der Waals surface area (Å²) in [5.74, 6) is 0.822. The lowest BCUT2D eigenvalue weighted by molar-refractivity contribution is 0.428. The van der Waals surface area contributed by atoms with Crippen LogP contribution in [-0.2, 0) is 10.0 Å². The first-order valence-electron chi connectivity index (χ1n) is 8.64. The maximum absolute atomic E-state index is 13.0. The number of hydrogen-bond acceptors (Lipinski definition) is 3. The quantitative estimate of drug-likeness (QED) is 0.794. The number of rotatable bonds is 3. The minimum absolute atomic E-state index is 0.362. The Kier molecular flexibility index (Phi) is 5.56. The molecule has 134 valence electrons. The first kappa shape index (κ1) is 18.5. The molecule has 0 radical (unpaired) electrons. The van der Waals surface area contributed by atoms with E-state index >= 15 is 0 Å². The van der Waals surface area contributed by atoms with E-state index in [2.05, 4.69) is 31.2 Å². The van der Waals surface area contributed by atoms with E-state index in [1.54, 1.807) is 16.4 Å². The summed E-state index contributed by atoms with van der Waals surface area (Å²) in [6.45, 7) is 7.23. The van der Waals surface area contributed by atoms with Gasteiger partial charge in [0.2, 0.25) is 10.0 Å². The third-order valence-corrected chi connectivity index (χ3v) is 8.16. The second kappa shape index (κ2) is 7.52. The van der Waals surface area contributed by atoms with E-state index in [9.17, 15) is 8.42 Å². The van der Waals surface area contributed by atoms with E-state index in [0.717, 1.165) is 23.3 Å². The van der Waals surface area contributed by atoms with Crippen LogP contribution in [0.4, 0.5) is 0 Å². The summed E-state index contributed by atoms with van der Waals surface area (Å²) in [4.78, 5) is 0.412. The minimum atomic E-state index is -3.42. The smallest absolute Gasteiger partial charge is 0.207 e. The van der Waals surface area contributed by atoms with Crippen molar-refractivity contribution in [2.45, 2.75) is 37.3 Å². The Labute approximate surface area is 155 Å². The van der Waals surface area contributed by atoms with Crippen molar-refractivity contribution in [3.63, 3.8) is 0 Å². The summed E-state index contributed by atoms with van der Waals surface area (Å²) in [6, 6.07) is 13.8. The van der Waals surface area contributed by atoms with Gasteiger partial charge in [-0.25, -0.2) is 8.42 Å². The van der Waals surface area contributed by atoms with E-state index in [-0.39, 0.29) is 0 Å². The second-order valence-corrected chi connectivity index (χ2v) is 9.90. The molecule has 1 atom stereocenters. The predicted molar refractivity (Wildman–Crippen MR) is 106 cm³/mol. The number of thioether (sulfide) groups is 1. The molecule has 2 aromatic rings. The highest BCUT2D eigenvalue weighted by atomic mass is 32.2. The lowest BCUT2D eigenvalue weighted by Gasteiger charge is -2.21. The third kappa shape index (κ3) is 3.94. The van der Waals surface area contributed by atoms with Gasteiger partial charge in [-0.3, -0.25) is 0 Å². The Morgan fingerprint density at radius 2 is 1.72 bits per heavy atom. The summed E-state index contributed by atoms with van der Waals surface area (Å²) in [5.41, 5.74) is 4.75. The third-order valence-electron chi connectivity index (χ3n) is 4.95. The molecule has 25 heavy (non-hydrogen) atoms. The fourth-order valence-electron chi connectivity index (χ4n) is 3.21. The van der Waals surface area contributed by atoms with Crippen LogP contribution in [0.3, 0.4) is 0 Å². The van der Waals surface area contributed by atoms with Crippen LogP contribution in [0.1, 0.15) is 33.9 Å². The Morgan fingerprint density at radius 1 is 0.960 bits per heavy atom. The van der Waals surface area contributed by atoms with Crippen LogP contribution in [0.15, 0.2) is 47.4 Å². The van der Waals surface area contributed by atoms with Gasteiger partial charge >= 0.3 is 0 Å². The van der Waals surface area contributed by atoms with Gasteiger partial charge in [0.15, 0.2) is 0 Å². The lowest BCUT2D eigenvalue weighted by atomic mass is 10.0. The molecule has 1 aliphatic heterocycles. The molecule has 2 aromatic carbocycles. The maximum Gasteiger partial charge on any atom is 0.243 e. The molecule has 1 unspecified atom stereocenters. The van der Waals surface area contributed by atoms with Gasteiger partial charge in [0.25, 0.3) is 0 Å². The predicted octanol–water partition coefficient (Wildman–Crippen LogP) is 4.48. The average Bonchev–Trinajstić information content (AvgIpc) is 2.84. The van der Waals surface area contributed by atoms with E-state index in [1.165, 1.54) is 11.1 Å². The molecule has 0 aliphatic carbocycles. The Hall–Kier alpha value is -1.30. The number of aryl methyl sites for hydroxylation is 3. The second-order valence-electron chi connectivity index (χ2n) is 6.65. The van der Waals surface area contributed by atoms with Gasteiger partial charge in [0, 0.05) is 24.1 Å². The number of nitrogens with zero attached hydrogens (tertiary/aromatic N) is 1. The zero-order valence-electron chi connectivity index (χ0n) is 15.0. The first-order valence-corrected chi connectivity index (χ1v) is 11.1. The molecule has 0 saturated carbocycles. The van der Waals surface area contributed by atoms with Crippen molar-refractivity contribution in [2.75, 3.05) is 18.8 Å². The van der Waals surface area contributed by atoms with Crippen LogP contribution in [0.2, 0.25) is 0 Å². The monoisotopic (exact) mass is 375 g/mol. The van der Waals surface area contributed by atoms with Crippen LogP contribution in [0.25, 0.3) is 0 Å². The minimum Gasteiger partial charge on any atom is -0.207 e. The Balaban J connectivity index is 1.80. The fraction of sp³-hybridized carbons (Fsp3) is 0.400. The van der Waals surface area contributed by atoms with E-state index in [1.807, 2.05) is 31.7 Å². The van der Waals surface area contributed by atoms with E-state index in [4.69, 9.17) is 0 Å². The summed E-state index contributed by atoms with van der Waals surface area (Å²) >= 11 is 1.87. The van der Waals surface area contributed by atoms with Crippen LogP contribution in [0.5, 0.6) is 0 Å². The van der Waals surface area contributed by atoms with Gasteiger partial charge in [-0.1, -0.05) is 30.3 Å². The number of benzene rings is 2. The molecule has 0 amide bonds. The molecular weight excluding hydrogens is 350 g/mol. The van der Waals surface area contributed by atoms with Gasteiger partial charge in [-0.15, -0.1) is 0 Å². The summed E-state index contributed by atoms with van der Waals surface area (Å²) in [6.07, 6.45) is 0.847. The molecule has 1 heterocycles. The molecule has 1 aliphatic rings. The molecule has 1 saturated heterocycles. The molecule has 0 aromatic heterocycles. The average molecular weight is 376 g/mol. The first-order chi connectivity index (χ1) is 11.9. The molecular formula is C20H25NO2S2. The zero-order valence-corrected chi connectivity index (χ0v) is 16.7. The molecule has 5 heteroatoms.